The topological polar surface area (TPSA) is 37.5 Å². The normalized spacial score (nSPS) is 13.5. The lowest BCUT2D eigenvalue weighted by Gasteiger charge is -2.10. The maximum Gasteiger partial charge on any atom is 0.193 e. The molecule has 0 saturated carbocycles. The van der Waals surface area contributed by atoms with Crippen LogP contribution in [-0.2, 0) is 6.42 Å². The third kappa shape index (κ3) is 2.38. The smallest absolute Gasteiger partial charge is 0.193 e. The monoisotopic (exact) mass is 224 g/mol. The molecule has 0 fully saturated rings. The summed E-state index contributed by atoms with van der Waals surface area (Å²) in [6.45, 7) is 2.41. The van der Waals surface area contributed by atoms with Gasteiger partial charge in [0, 0.05) is 24.4 Å². The maximum atomic E-state index is 9.21. The predicted molar refractivity (Wildman–Crippen MR) is 62.3 cm³/mol. The fourth-order valence-electron chi connectivity index (χ4n) is 1.84. The van der Waals surface area contributed by atoms with Gasteiger partial charge in [-0.3, -0.25) is 4.40 Å². The fraction of sp³-hybridized carbons (Fsp3) is 0.545. The Morgan fingerprint density at radius 2 is 2.47 bits per heavy atom. The van der Waals surface area contributed by atoms with E-state index in [1.54, 1.807) is 11.3 Å². The predicted octanol–water partition coefficient (Wildman–Crippen LogP) is 2.35. The van der Waals surface area contributed by atoms with Crippen molar-refractivity contribution in [3.05, 3.63) is 23.5 Å². The Balaban J connectivity index is 2.07. The van der Waals surface area contributed by atoms with Crippen LogP contribution in [0.5, 0.6) is 0 Å². The molecule has 1 unspecified atom stereocenters. The minimum Gasteiger partial charge on any atom is -0.396 e. The van der Waals surface area contributed by atoms with Gasteiger partial charge in [-0.1, -0.05) is 13.3 Å². The van der Waals surface area contributed by atoms with Gasteiger partial charge in [-0.2, -0.15) is 0 Å². The molecule has 0 radical (unpaired) electrons. The molecule has 2 rings (SSSR count). The van der Waals surface area contributed by atoms with E-state index < -0.39 is 0 Å². The van der Waals surface area contributed by atoms with Crippen LogP contribution in [0.1, 0.15) is 25.5 Å². The zero-order valence-corrected chi connectivity index (χ0v) is 9.70. The minimum absolute atomic E-state index is 0.263. The van der Waals surface area contributed by atoms with E-state index in [4.69, 9.17) is 0 Å². The number of nitrogens with zero attached hydrogens (tertiary/aromatic N) is 2. The summed E-state index contributed by atoms with van der Waals surface area (Å²) in [6, 6.07) is 0. The second-order valence-corrected chi connectivity index (χ2v) is 4.74. The Morgan fingerprint density at radius 1 is 1.60 bits per heavy atom. The lowest BCUT2D eigenvalue weighted by Crippen LogP contribution is -2.09. The summed E-state index contributed by atoms with van der Waals surface area (Å²) >= 11 is 1.65. The van der Waals surface area contributed by atoms with Gasteiger partial charge >= 0.3 is 0 Å². The molecule has 1 N–H and O–H groups in total. The van der Waals surface area contributed by atoms with E-state index in [0.717, 1.165) is 29.9 Å². The Kier molecular flexibility index (Phi) is 3.38. The van der Waals surface area contributed by atoms with Crippen LogP contribution >= 0.6 is 11.3 Å². The van der Waals surface area contributed by atoms with Gasteiger partial charge in [-0.05, 0) is 18.8 Å². The van der Waals surface area contributed by atoms with Crippen molar-refractivity contribution in [1.29, 1.82) is 0 Å². The Hall–Kier alpha value is -0.870. The largest absolute Gasteiger partial charge is 0.396 e. The molecule has 1 atom stereocenters. The first-order valence-corrected chi connectivity index (χ1v) is 6.23. The van der Waals surface area contributed by atoms with E-state index in [-0.39, 0.29) is 6.61 Å². The number of imidazole rings is 1. The molecular formula is C11H16N2OS. The molecule has 2 aromatic rings. The number of aliphatic hydroxyl groups excluding tert-OH is 1. The zero-order chi connectivity index (χ0) is 10.7. The molecule has 0 saturated heterocycles. The van der Waals surface area contributed by atoms with Crippen molar-refractivity contribution in [2.75, 3.05) is 6.61 Å². The first-order chi connectivity index (χ1) is 7.33. The van der Waals surface area contributed by atoms with Crippen LogP contribution in [0.4, 0.5) is 0 Å². The van der Waals surface area contributed by atoms with Crippen LogP contribution in [0.3, 0.4) is 0 Å². The van der Waals surface area contributed by atoms with Crippen LogP contribution in [0.15, 0.2) is 17.8 Å². The molecule has 0 aliphatic carbocycles. The zero-order valence-electron chi connectivity index (χ0n) is 8.89. The highest BCUT2D eigenvalue weighted by Crippen LogP contribution is 2.16. The third-order valence-corrected chi connectivity index (χ3v) is 3.37. The van der Waals surface area contributed by atoms with Crippen molar-refractivity contribution >= 4 is 16.3 Å². The van der Waals surface area contributed by atoms with Gasteiger partial charge in [0.1, 0.15) is 0 Å². The van der Waals surface area contributed by atoms with Crippen LogP contribution in [0, 0.1) is 5.92 Å². The molecule has 2 heterocycles. The van der Waals surface area contributed by atoms with Gasteiger partial charge < -0.3 is 5.11 Å². The van der Waals surface area contributed by atoms with Gasteiger partial charge in [0.25, 0.3) is 0 Å². The molecule has 15 heavy (non-hydrogen) atoms. The molecule has 0 amide bonds. The first kappa shape index (κ1) is 10.6. The SMILES string of the molecule is CCCC(CO)Cc1cn2ccsc2n1. The molecule has 0 aliphatic heterocycles. The van der Waals surface area contributed by atoms with Gasteiger partial charge in [-0.15, -0.1) is 11.3 Å². The highest BCUT2D eigenvalue weighted by atomic mass is 32.1. The van der Waals surface area contributed by atoms with Crippen LogP contribution in [0.25, 0.3) is 4.96 Å². The molecule has 0 aromatic carbocycles. The highest BCUT2D eigenvalue weighted by molar-refractivity contribution is 7.15. The first-order valence-electron chi connectivity index (χ1n) is 5.35. The van der Waals surface area contributed by atoms with Crippen molar-refractivity contribution in [3.8, 4) is 0 Å². The van der Waals surface area contributed by atoms with Crippen molar-refractivity contribution in [2.45, 2.75) is 26.2 Å². The Labute approximate surface area is 93.4 Å². The third-order valence-electron chi connectivity index (χ3n) is 2.60. The van der Waals surface area contributed by atoms with Crippen molar-refractivity contribution in [3.63, 3.8) is 0 Å². The van der Waals surface area contributed by atoms with Gasteiger partial charge in [0.15, 0.2) is 4.96 Å². The molecule has 3 nitrogen and oxygen atoms in total. The number of hydrogen-bond donors (Lipinski definition) is 1. The van der Waals surface area contributed by atoms with E-state index in [1.165, 1.54) is 0 Å². The van der Waals surface area contributed by atoms with Crippen LogP contribution in [0.2, 0.25) is 0 Å². The summed E-state index contributed by atoms with van der Waals surface area (Å²) in [7, 11) is 0. The molecular weight excluding hydrogens is 208 g/mol. The minimum atomic E-state index is 0.263. The van der Waals surface area contributed by atoms with Crippen LogP contribution < -0.4 is 0 Å². The quantitative estimate of drug-likeness (QED) is 0.846. The number of aromatic nitrogens is 2. The maximum absolute atomic E-state index is 9.21. The summed E-state index contributed by atoms with van der Waals surface area (Å²) in [6.07, 6.45) is 7.16. The summed E-state index contributed by atoms with van der Waals surface area (Å²) in [4.78, 5) is 5.55. The van der Waals surface area contributed by atoms with E-state index >= 15 is 0 Å². The van der Waals surface area contributed by atoms with E-state index in [0.29, 0.717) is 5.92 Å². The average Bonchev–Trinajstić information content (AvgIpc) is 2.77. The summed E-state index contributed by atoms with van der Waals surface area (Å²) in [5.74, 6) is 0.361. The lowest BCUT2D eigenvalue weighted by molar-refractivity contribution is 0.216. The summed E-state index contributed by atoms with van der Waals surface area (Å²) in [5.41, 5.74) is 1.09. The molecule has 2 aromatic heterocycles. The standard InChI is InChI=1S/C11H16N2OS/c1-2-3-9(8-14)6-10-7-13-4-5-15-11(13)12-10/h4-5,7,9,14H,2-3,6,8H2,1H3. The van der Waals surface area contributed by atoms with Gasteiger partial charge in [-0.25, -0.2) is 4.98 Å². The highest BCUT2D eigenvalue weighted by Gasteiger charge is 2.10. The Morgan fingerprint density at radius 3 is 3.13 bits per heavy atom. The number of fused-ring (bicyclic) bond motifs is 1. The van der Waals surface area contributed by atoms with Crippen LogP contribution in [-0.4, -0.2) is 21.1 Å². The molecule has 0 spiro atoms. The molecule has 0 aliphatic rings. The molecule has 82 valence electrons. The molecule has 0 bridgehead atoms. The number of aliphatic hydroxyl groups is 1. The van der Waals surface area contributed by atoms with Gasteiger partial charge in [0.2, 0.25) is 0 Å². The second kappa shape index (κ2) is 4.77. The lowest BCUT2D eigenvalue weighted by atomic mass is 9.99. The fourth-order valence-corrected chi connectivity index (χ4v) is 2.56. The molecule has 4 heteroatoms. The van der Waals surface area contributed by atoms with E-state index in [2.05, 4.69) is 18.1 Å². The van der Waals surface area contributed by atoms with Crippen molar-refractivity contribution in [1.82, 2.24) is 9.38 Å². The van der Waals surface area contributed by atoms with E-state index in [9.17, 15) is 5.11 Å². The average molecular weight is 224 g/mol. The van der Waals surface area contributed by atoms with E-state index in [1.807, 2.05) is 16.0 Å². The second-order valence-electron chi connectivity index (χ2n) is 3.87. The van der Waals surface area contributed by atoms with Crippen molar-refractivity contribution < 1.29 is 5.11 Å². The number of thiazole rings is 1. The summed E-state index contributed by atoms with van der Waals surface area (Å²) < 4.78 is 2.04. The van der Waals surface area contributed by atoms with Gasteiger partial charge in [0.05, 0.1) is 5.69 Å². The number of rotatable bonds is 5. The Bertz CT molecular complexity index is 392. The van der Waals surface area contributed by atoms with Crippen molar-refractivity contribution in [2.24, 2.45) is 5.92 Å². The summed E-state index contributed by atoms with van der Waals surface area (Å²) in [5, 5.41) is 11.2. The number of hydrogen-bond acceptors (Lipinski definition) is 3.